The number of hydrogen-bond donors (Lipinski definition) is 0. The van der Waals surface area contributed by atoms with Crippen LogP contribution in [0.2, 0.25) is 0 Å². The van der Waals surface area contributed by atoms with Gasteiger partial charge in [0.15, 0.2) is 0 Å². The fourth-order valence-electron chi connectivity index (χ4n) is 4.09. The molecule has 1 aromatic heterocycles. The Balaban J connectivity index is 1.54. The van der Waals surface area contributed by atoms with E-state index in [-0.39, 0.29) is 5.91 Å². The number of amides is 1. The smallest absolute Gasteiger partial charge is 0.254 e. The highest BCUT2D eigenvalue weighted by Crippen LogP contribution is 2.25. The SMILES string of the molecule is Cc1ccccc1C(=O)N1CCc2c(CN3CCCC3)nn(C)c2C1. The van der Waals surface area contributed by atoms with Gasteiger partial charge in [0.25, 0.3) is 5.91 Å². The van der Waals surface area contributed by atoms with Crippen molar-refractivity contribution in [3.05, 3.63) is 52.3 Å². The lowest BCUT2D eigenvalue weighted by atomic mass is 10.0. The van der Waals surface area contributed by atoms with Gasteiger partial charge < -0.3 is 4.90 Å². The molecule has 1 amide bonds. The topological polar surface area (TPSA) is 41.4 Å². The van der Waals surface area contributed by atoms with Crippen LogP contribution < -0.4 is 0 Å². The molecule has 0 unspecified atom stereocenters. The van der Waals surface area contributed by atoms with Gasteiger partial charge in [-0.3, -0.25) is 14.4 Å². The lowest BCUT2D eigenvalue weighted by molar-refractivity contribution is 0.0729. The lowest BCUT2D eigenvalue weighted by Gasteiger charge is -2.28. The van der Waals surface area contributed by atoms with E-state index in [0.29, 0.717) is 6.54 Å². The molecule has 0 aliphatic carbocycles. The van der Waals surface area contributed by atoms with Crippen LogP contribution in [0.3, 0.4) is 0 Å². The molecule has 0 atom stereocenters. The van der Waals surface area contributed by atoms with E-state index in [1.54, 1.807) is 0 Å². The maximum absolute atomic E-state index is 12.9. The highest BCUT2D eigenvalue weighted by molar-refractivity contribution is 5.95. The average Bonchev–Trinajstić information content (AvgIpc) is 3.23. The van der Waals surface area contributed by atoms with Crippen molar-refractivity contribution in [1.82, 2.24) is 19.6 Å². The van der Waals surface area contributed by atoms with Gasteiger partial charge in [0.05, 0.1) is 17.9 Å². The van der Waals surface area contributed by atoms with E-state index in [0.717, 1.165) is 30.6 Å². The van der Waals surface area contributed by atoms with Crippen molar-refractivity contribution in [2.24, 2.45) is 7.05 Å². The van der Waals surface area contributed by atoms with Crippen molar-refractivity contribution >= 4 is 5.91 Å². The van der Waals surface area contributed by atoms with Crippen molar-refractivity contribution in [3.63, 3.8) is 0 Å². The van der Waals surface area contributed by atoms with Gasteiger partial charge in [-0.15, -0.1) is 0 Å². The standard InChI is InChI=1S/C20H26N4O/c1-15-7-3-4-8-16(15)20(25)24-12-9-17-18(13-23-10-5-6-11-23)21-22(2)19(17)14-24/h3-4,7-8H,5-6,9-14H2,1-2H3. The first-order valence-electron chi connectivity index (χ1n) is 9.24. The molecular weight excluding hydrogens is 312 g/mol. The van der Waals surface area contributed by atoms with Crippen LogP contribution in [0.25, 0.3) is 0 Å². The minimum absolute atomic E-state index is 0.131. The summed E-state index contributed by atoms with van der Waals surface area (Å²) in [5.74, 6) is 0.131. The molecule has 1 fully saturated rings. The fourth-order valence-corrected chi connectivity index (χ4v) is 4.09. The molecule has 0 N–H and O–H groups in total. The van der Waals surface area contributed by atoms with Crippen LogP contribution in [0.5, 0.6) is 0 Å². The van der Waals surface area contributed by atoms with Crippen LogP contribution >= 0.6 is 0 Å². The third-order valence-corrected chi connectivity index (χ3v) is 5.57. The van der Waals surface area contributed by atoms with Crippen LogP contribution in [0.15, 0.2) is 24.3 Å². The minimum atomic E-state index is 0.131. The Labute approximate surface area is 149 Å². The van der Waals surface area contributed by atoms with E-state index in [9.17, 15) is 4.79 Å². The first-order valence-corrected chi connectivity index (χ1v) is 9.24. The third-order valence-electron chi connectivity index (χ3n) is 5.57. The van der Waals surface area contributed by atoms with Gasteiger partial charge in [-0.05, 0) is 50.9 Å². The maximum atomic E-state index is 12.9. The molecule has 4 rings (SSSR count). The third kappa shape index (κ3) is 3.09. The molecule has 132 valence electrons. The van der Waals surface area contributed by atoms with Gasteiger partial charge in [0.1, 0.15) is 0 Å². The van der Waals surface area contributed by atoms with Crippen LogP contribution in [0, 0.1) is 6.92 Å². The van der Waals surface area contributed by atoms with Crippen LogP contribution in [-0.2, 0) is 26.6 Å². The van der Waals surface area contributed by atoms with Crippen LogP contribution in [0.4, 0.5) is 0 Å². The highest BCUT2D eigenvalue weighted by atomic mass is 16.2. The zero-order valence-electron chi connectivity index (χ0n) is 15.2. The number of aromatic nitrogens is 2. The number of hydrogen-bond acceptors (Lipinski definition) is 3. The Morgan fingerprint density at radius 3 is 2.68 bits per heavy atom. The molecule has 5 heteroatoms. The zero-order chi connectivity index (χ0) is 17.4. The number of nitrogens with zero attached hydrogens (tertiary/aromatic N) is 4. The van der Waals surface area contributed by atoms with E-state index in [1.165, 1.54) is 42.9 Å². The number of carbonyl (C=O) groups excluding carboxylic acids is 1. The summed E-state index contributed by atoms with van der Waals surface area (Å²) in [7, 11) is 2.01. The molecule has 2 aromatic rings. The van der Waals surface area contributed by atoms with Crippen molar-refractivity contribution in [2.75, 3.05) is 19.6 Å². The number of carbonyl (C=O) groups is 1. The average molecular weight is 338 g/mol. The van der Waals surface area contributed by atoms with E-state index in [2.05, 4.69) is 4.90 Å². The predicted molar refractivity (Wildman–Crippen MR) is 97.3 cm³/mol. The Morgan fingerprint density at radius 2 is 1.92 bits per heavy atom. The maximum Gasteiger partial charge on any atom is 0.254 e. The van der Waals surface area contributed by atoms with Gasteiger partial charge >= 0.3 is 0 Å². The van der Waals surface area contributed by atoms with Gasteiger partial charge in [0.2, 0.25) is 0 Å². The summed E-state index contributed by atoms with van der Waals surface area (Å²) in [6, 6.07) is 7.84. The predicted octanol–water partition coefficient (Wildman–Crippen LogP) is 2.52. The summed E-state index contributed by atoms with van der Waals surface area (Å²) in [6.45, 7) is 6.76. The summed E-state index contributed by atoms with van der Waals surface area (Å²) in [5.41, 5.74) is 5.62. The van der Waals surface area contributed by atoms with E-state index in [4.69, 9.17) is 5.10 Å². The molecule has 0 saturated carbocycles. The van der Waals surface area contributed by atoms with Gasteiger partial charge in [0, 0.05) is 31.3 Å². The Hall–Kier alpha value is -2.14. The molecule has 1 saturated heterocycles. The fraction of sp³-hybridized carbons (Fsp3) is 0.500. The molecule has 2 aliphatic rings. The zero-order valence-corrected chi connectivity index (χ0v) is 15.2. The van der Waals surface area contributed by atoms with E-state index in [1.807, 2.05) is 47.8 Å². The number of aryl methyl sites for hydroxylation is 2. The van der Waals surface area contributed by atoms with E-state index < -0.39 is 0 Å². The summed E-state index contributed by atoms with van der Waals surface area (Å²) in [5, 5.41) is 4.78. The monoisotopic (exact) mass is 338 g/mol. The molecule has 0 bridgehead atoms. The molecule has 5 nitrogen and oxygen atoms in total. The normalized spacial score (nSPS) is 17.8. The second kappa shape index (κ2) is 6.64. The summed E-state index contributed by atoms with van der Waals surface area (Å²) in [4.78, 5) is 17.4. The van der Waals surface area contributed by atoms with Crippen LogP contribution in [-0.4, -0.2) is 45.1 Å². The van der Waals surface area contributed by atoms with Gasteiger partial charge in [-0.25, -0.2) is 0 Å². The van der Waals surface area contributed by atoms with Crippen molar-refractivity contribution in [2.45, 2.75) is 39.3 Å². The quantitative estimate of drug-likeness (QED) is 0.863. The Bertz CT molecular complexity index is 789. The Kier molecular flexibility index (Phi) is 4.34. The number of likely N-dealkylation sites (tertiary alicyclic amines) is 1. The number of benzene rings is 1. The number of rotatable bonds is 3. The molecule has 2 aliphatic heterocycles. The molecule has 0 radical (unpaired) electrons. The molecule has 1 aromatic carbocycles. The first kappa shape index (κ1) is 16.3. The summed E-state index contributed by atoms with van der Waals surface area (Å²) >= 11 is 0. The van der Waals surface area contributed by atoms with Crippen LogP contribution in [0.1, 0.15) is 45.7 Å². The Morgan fingerprint density at radius 1 is 1.16 bits per heavy atom. The minimum Gasteiger partial charge on any atom is -0.332 e. The molecular formula is C20H26N4O. The van der Waals surface area contributed by atoms with Crippen molar-refractivity contribution in [3.8, 4) is 0 Å². The van der Waals surface area contributed by atoms with E-state index >= 15 is 0 Å². The van der Waals surface area contributed by atoms with Crippen molar-refractivity contribution < 1.29 is 4.79 Å². The van der Waals surface area contributed by atoms with Gasteiger partial charge in [-0.2, -0.15) is 5.10 Å². The highest BCUT2D eigenvalue weighted by Gasteiger charge is 2.28. The lowest BCUT2D eigenvalue weighted by Crippen LogP contribution is -2.37. The second-order valence-electron chi connectivity index (χ2n) is 7.27. The molecule has 25 heavy (non-hydrogen) atoms. The molecule has 3 heterocycles. The largest absolute Gasteiger partial charge is 0.332 e. The summed E-state index contributed by atoms with van der Waals surface area (Å²) < 4.78 is 1.98. The second-order valence-corrected chi connectivity index (χ2v) is 7.27. The number of fused-ring (bicyclic) bond motifs is 1. The first-order chi connectivity index (χ1) is 12.1. The van der Waals surface area contributed by atoms with Gasteiger partial charge in [-0.1, -0.05) is 18.2 Å². The van der Waals surface area contributed by atoms with Crippen molar-refractivity contribution in [1.29, 1.82) is 0 Å². The summed E-state index contributed by atoms with van der Waals surface area (Å²) in [6.07, 6.45) is 3.51. The molecule has 0 spiro atoms.